The van der Waals surface area contributed by atoms with E-state index in [1.54, 1.807) is 6.92 Å². The number of carbonyl (C=O) groups excluding carboxylic acids is 1. The van der Waals surface area contributed by atoms with Crippen LogP contribution < -0.4 is 0 Å². The molecule has 0 saturated carbocycles. The lowest BCUT2D eigenvalue weighted by molar-refractivity contribution is -0.113. The van der Waals surface area contributed by atoms with Gasteiger partial charge in [-0.2, -0.15) is 0 Å². The average Bonchev–Trinajstić information content (AvgIpc) is 2.55. The van der Waals surface area contributed by atoms with Gasteiger partial charge in [0.15, 0.2) is 5.78 Å². The molecule has 27 heavy (non-hydrogen) atoms. The fraction of sp³-hybridized carbons (Fsp3) is 0.500. The zero-order valence-corrected chi connectivity index (χ0v) is 18.8. The number of carbonyl (C=O) groups is 1. The first-order valence-corrected chi connectivity index (χ1v) is 9.91. The van der Waals surface area contributed by atoms with E-state index < -0.39 is 0 Å². The van der Waals surface area contributed by atoms with E-state index in [2.05, 4.69) is 52.7 Å². The van der Waals surface area contributed by atoms with Gasteiger partial charge in [0.05, 0.1) is 0 Å². The standard InChI is InChI=1S/C26H40O/c1-11-25(18-21(4)16-22(5)24(7)27)17-20(3)13-12-19(2)14-15-23(6)26(8,9)10/h11,16,18H,2-3,6,12-15,17H2,1,4-5,7-10H3/b21-18+,22-16?,25-11-. The molecule has 0 aliphatic rings. The van der Waals surface area contributed by atoms with Crippen LogP contribution in [0.2, 0.25) is 0 Å². The quantitative estimate of drug-likeness (QED) is 0.205. The third-order valence-electron chi connectivity index (χ3n) is 4.91. The molecule has 0 unspecified atom stereocenters. The first kappa shape index (κ1) is 25.1. The Morgan fingerprint density at radius 1 is 0.852 bits per heavy atom. The summed E-state index contributed by atoms with van der Waals surface area (Å²) >= 11 is 0. The van der Waals surface area contributed by atoms with Gasteiger partial charge in [0.2, 0.25) is 0 Å². The van der Waals surface area contributed by atoms with E-state index >= 15 is 0 Å². The fourth-order valence-electron chi connectivity index (χ4n) is 2.57. The van der Waals surface area contributed by atoms with Crippen LogP contribution in [-0.4, -0.2) is 5.78 Å². The molecule has 0 N–H and O–H groups in total. The molecule has 0 fully saturated rings. The van der Waals surface area contributed by atoms with Crippen LogP contribution in [0.5, 0.6) is 0 Å². The Balaban J connectivity index is 4.55. The van der Waals surface area contributed by atoms with Crippen LogP contribution in [0.3, 0.4) is 0 Å². The van der Waals surface area contributed by atoms with E-state index in [0.29, 0.717) is 0 Å². The molecule has 1 nitrogen and oxygen atoms in total. The van der Waals surface area contributed by atoms with Crippen LogP contribution >= 0.6 is 0 Å². The summed E-state index contributed by atoms with van der Waals surface area (Å²) in [4.78, 5) is 11.4. The van der Waals surface area contributed by atoms with Crippen LogP contribution in [0.4, 0.5) is 0 Å². The minimum Gasteiger partial charge on any atom is -0.295 e. The van der Waals surface area contributed by atoms with Crippen molar-refractivity contribution in [3.8, 4) is 0 Å². The highest BCUT2D eigenvalue weighted by molar-refractivity contribution is 5.93. The third kappa shape index (κ3) is 11.4. The minimum absolute atomic E-state index is 0.113. The summed E-state index contributed by atoms with van der Waals surface area (Å²) in [5.41, 5.74) is 7.06. The summed E-state index contributed by atoms with van der Waals surface area (Å²) in [5, 5.41) is 0. The highest BCUT2D eigenvalue weighted by atomic mass is 16.1. The summed E-state index contributed by atoms with van der Waals surface area (Å²) in [6.45, 7) is 26.8. The molecule has 0 aliphatic carbocycles. The first-order chi connectivity index (χ1) is 12.4. The maximum Gasteiger partial charge on any atom is 0.155 e. The van der Waals surface area contributed by atoms with E-state index in [9.17, 15) is 4.79 Å². The number of hydrogen-bond acceptors (Lipinski definition) is 1. The fourth-order valence-corrected chi connectivity index (χ4v) is 2.57. The van der Waals surface area contributed by atoms with Gasteiger partial charge in [-0.3, -0.25) is 4.79 Å². The van der Waals surface area contributed by atoms with Gasteiger partial charge in [-0.15, -0.1) is 0 Å². The number of allylic oxidation sites excluding steroid dienone is 9. The van der Waals surface area contributed by atoms with Crippen molar-refractivity contribution in [1.29, 1.82) is 0 Å². The Kier molecular flexibility index (Phi) is 10.9. The van der Waals surface area contributed by atoms with Gasteiger partial charge in [0.1, 0.15) is 0 Å². The minimum atomic E-state index is 0.113. The molecule has 0 aliphatic heterocycles. The summed E-state index contributed by atoms with van der Waals surface area (Å²) in [5.74, 6) is 0.113. The average molecular weight is 369 g/mol. The Labute approximate surface area is 168 Å². The normalized spacial score (nSPS) is 13.5. The van der Waals surface area contributed by atoms with Crippen molar-refractivity contribution >= 4 is 5.78 Å². The van der Waals surface area contributed by atoms with Crippen LogP contribution in [0.1, 0.15) is 80.6 Å². The topological polar surface area (TPSA) is 17.1 Å². The smallest absolute Gasteiger partial charge is 0.155 e. The van der Waals surface area contributed by atoms with Crippen molar-refractivity contribution in [3.63, 3.8) is 0 Å². The molecule has 0 spiro atoms. The molecule has 0 aromatic heterocycles. The Morgan fingerprint density at radius 2 is 1.37 bits per heavy atom. The van der Waals surface area contributed by atoms with Crippen molar-refractivity contribution in [3.05, 3.63) is 71.4 Å². The largest absolute Gasteiger partial charge is 0.295 e. The monoisotopic (exact) mass is 368 g/mol. The molecule has 0 saturated heterocycles. The second kappa shape index (κ2) is 11.7. The molecule has 0 bridgehead atoms. The molecule has 0 aromatic rings. The van der Waals surface area contributed by atoms with Crippen molar-refractivity contribution in [2.24, 2.45) is 5.41 Å². The second-order valence-corrected chi connectivity index (χ2v) is 8.67. The number of ketones is 1. The van der Waals surface area contributed by atoms with Crippen LogP contribution in [0.25, 0.3) is 0 Å². The van der Waals surface area contributed by atoms with Gasteiger partial charge in [-0.25, -0.2) is 0 Å². The van der Waals surface area contributed by atoms with E-state index in [-0.39, 0.29) is 11.2 Å². The number of hydrogen-bond donors (Lipinski definition) is 0. The predicted molar refractivity (Wildman–Crippen MR) is 122 cm³/mol. The van der Waals surface area contributed by atoms with Crippen molar-refractivity contribution in [2.45, 2.75) is 80.6 Å². The summed E-state index contributed by atoms with van der Waals surface area (Å²) in [6.07, 6.45) is 11.0. The molecule has 0 rings (SSSR count). The molecule has 0 atom stereocenters. The highest BCUT2D eigenvalue weighted by Crippen LogP contribution is 2.29. The Hall–Kier alpha value is -1.89. The molecule has 0 radical (unpaired) electrons. The summed E-state index contributed by atoms with van der Waals surface area (Å²) in [6, 6.07) is 0. The zero-order chi connectivity index (χ0) is 21.2. The van der Waals surface area contributed by atoms with Crippen LogP contribution in [0, 0.1) is 5.41 Å². The van der Waals surface area contributed by atoms with Crippen molar-refractivity contribution in [2.75, 3.05) is 0 Å². The molecule has 150 valence electrons. The second-order valence-electron chi connectivity index (χ2n) is 8.67. The van der Waals surface area contributed by atoms with E-state index in [1.807, 2.05) is 26.8 Å². The molecular weight excluding hydrogens is 328 g/mol. The lowest BCUT2D eigenvalue weighted by Gasteiger charge is -2.22. The van der Waals surface area contributed by atoms with Crippen molar-refractivity contribution < 1.29 is 4.79 Å². The Bertz CT molecular complexity index is 657. The first-order valence-electron chi connectivity index (χ1n) is 9.91. The lowest BCUT2D eigenvalue weighted by Crippen LogP contribution is -2.08. The molecular formula is C26H40O. The van der Waals surface area contributed by atoms with E-state index in [4.69, 9.17) is 0 Å². The third-order valence-corrected chi connectivity index (χ3v) is 4.91. The SMILES string of the molecule is C=C(CCC(=C)CC(=C/C)/C=C(\C)C=C(C)C(C)=O)CCC(=C)C(C)(C)C. The van der Waals surface area contributed by atoms with E-state index in [0.717, 1.165) is 43.3 Å². The van der Waals surface area contributed by atoms with E-state index in [1.165, 1.54) is 22.3 Å². The Morgan fingerprint density at radius 3 is 1.85 bits per heavy atom. The maximum atomic E-state index is 11.4. The van der Waals surface area contributed by atoms with Crippen LogP contribution in [0.15, 0.2) is 71.4 Å². The molecule has 1 heteroatoms. The van der Waals surface area contributed by atoms with Gasteiger partial charge >= 0.3 is 0 Å². The summed E-state index contributed by atoms with van der Waals surface area (Å²) < 4.78 is 0. The molecule has 0 heterocycles. The highest BCUT2D eigenvalue weighted by Gasteiger charge is 2.14. The van der Waals surface area contributed by atoms with Crippen LogP contribution in [-0.2, 0) is 4.79 Å². The van der Waals surface area contributed by atoms with Gasteiger partial charge in [-0.05, 0) is 76.4 Å². The maximum absolute atomic E-state index is 11.4. The van der Waals surface area contributed by atoms with Gasteiger partial charge in [0.25, 0.3) is 0 Å². The number of rotatable bonds is 11. The van der Waals surface area contributed by atoms with Gasteiger partial charge in [-0.1, -0.05) is 81.0 Å². The van der Waals surface area contributed by atoms with Gasteiger partial charge in [0, 0.05) is 0 Å². The summed E-state index contributed by atoms with van der Waals surface area (Å²) in [7, 11) is 0. The zero-order valence-electron chi connectivity index (χ0n) is 18.8. The van der Waals surface area contributed by atoms with Crippen molar-refractivity contribution in [1.82, 2.24) is 0 Å². The molecule has 0 amide bonds. The molecule has 0 aromatic carbocycles. The van der Waals surface area contributed by atoms with Gasteiger partial charge < -0.3 is 0 Å². The lowest BCUT2D eigenvalue weighted by atomic mass is 9.84. The predicted octanol–water partition coefficient (Wildman–Crippen LogP) is 8.08. The number of Topliss-reactive ketones (excluding diaryl/α,β-unsaturated/α-hetero) is 1.